The Kier molecular flexibility index (Phi) is 1.28. The van der Waals surface area contributed by atoms with E-state index in [0.717, 1.165) is 23.7 Å². The Bertz CT molecular complexity index is 192. The summed E-state index contributed by atoms with van der Waals surface area (Å²) in [6.45, 7) is 6.90. The van der Waals surface area contributed by atoms with Crippen LogP contribution in [0, 0.1) is 36.0 Å². The van der Waals surface area contributed by atoms with Crippen molar-refractivity contribution in [2.24, 2.45) is 29.1 Å². The SMILES string of the molecule is [CH2]C1C2CC3CC(C2)CC1(C)C3. The van der Waals surface area contributed by atoms with Crippen LogP contribution in [0.5, 0.6) is 0 Å². The molecule has 0 spiro atoms. The van der Waals surface area contributed by atoms with Gasteiger partial charge in [-0.2, -0.15) is 0 Å². The van der Waals surface area contributed by atoms with E-state index in [1.165, 1.54) is 25.7 Å². The lowest BCUT2D eigenvalue weighted by Crippen LogP contribution is -2.50. The summed E-state index contributed by atoms with van der Waals surface area (Å²) >= 11 is 0. The lowest BCUT2D eigenvalue weighted by Gasteiger charge is -2.59. The Morgan fingerprint density at radius 3 is 2.17 bits per heavy atom. The smallest absolute Gasteiger partial charge is 0.0290 e. The van der Waals surface area contributed by atoms with Gasteiger partial charge in [0.2, 0.25) is 0 Å². The van der Waals surface area contributed by atoms with Crippen molar-refractivity contribution in [2.75, 3.05) is 0 Å². The van der Waals surface area contributed by atoms with E-state index >= 15 is 0 Å². The van der Waals surface area contributed by atoms with Crippen molar-refractivity contribution in [2.45, 2.75) is 39.0 Å². The maximum atomic E-state index is 4.41. The number of rotatable bonds is 0. The van der Waals surface area contributed by atoms with Gasteiger partial charge in [0.05, 0.1) is 0 Å². The molecule has 0 nitrogen and oxygen atoms in total. The molecule has 0 aliphatic heterocycles. The molecule has 3 unspecified atom stereocenters. The van der Waals surface area contributed by atoms with Crippen LogP contribution in [-0.2, 0) is 0 Å². The van der Waals surface area contributed by atoms with Crippen molar-refractivity contribution in [1.82, 2.24) is 0 Å². The molecule has 0 N–H and O–H groups in total. The zero-order valence-electron chi connectivity index (χ0n) is 8.05. The third-order valence-corrected chi connectivity index (χ3v) is 4.91. The predicted molar refractivity (Wildman–Crippen MR) is 50.5 cm³/mol. The first kappa shape index (κ1) is 7.41. The summed E-state index contributed by atoms with van der Waals surface area (Å²) in [5, 5.41) is 0. The molecular formula is C12H19. The zero-order chi connectivity index (χ0) is 8.34. The van der Waals surface area contributed by atoms with Crippen LogP contribution in [0.1, 0.15) is 39.0 Å². The summed E-state index contributed by atoms with van der Waals surface area (Å²) in [5.74, 6) is 3.96. The Morgan fingerprint density at radius 2 is 1.67 bits per heavy atom. The quantitative estimate of drug-likeness (QED) is 0.514. The molecule has 4 bridgehead atoms. The lowest BCUT2D eigenvalue weighted by molar-refractivity contribution is -0.0798. The monoisotopic (exact) mass is 163 g/mol. The van der Waals surface area contributed by atoms with E-state index in [0.29, 0.717) is 5.41 Å². The molecule has 4 rings (SSSR count). The molecule has 0 aromatic heterocycles. The molecule has 4 saturated carbocycles. The van der Waals surface area contributed by atoms with Crippen molar-refractivity contribution in [3.8, 4) is 0 Å². The Labute approximate surface area is 75.7 Å². The maximum Gasteiger partial charge on any atom is -0.0290 e. The summed E-state index contributed by atoms with van der Waals surface area (Å²) in [6.07, 6.45) is 7.57. The summed E-state index contributed by atoms with van der Waals surface area (Å²) in [5.41, 5.74) is 0.648. The van der Waals surface area contributed by atoms with Gasteiger partial charge in [-0.3, -0.25) is 0 Å². The molecular weight excluding hydrogens is 144 g/mol. The highest BCUT2D eigenvalue weighted by molar-refractivity contribution is 5.04. The molecule has 0 amide bonds. The van der Waals surface area contributed by atoms with E-state index in [2.05, 4.69) is 13.8 Å². The van der Waals surface area contributed by atoms with Crippen molar-refractivity contribution in [3.05, 3.63) is 6.92 Å². The van der Waals surface area contributed by atoms with Gasteiger partial charge in [-0.15, -0.1) is 0 Å². The Hall–Kier alpha value is 0. The number of hydrogen-bond donors (Lipinski definition) is 0. The third-order valence-electron chi connectivity index (χ3n) is 4.91. The zero-order valence-corrected chi connectivity index (χ0v) is 8.05. The van der Waals surface area contributed by atoms with E-state index in [9.17, 15) is 0 Å². The van der Waals surface area contributed by atoms with Gasteiger partial charge in [-0.1, -0.05) is 6.92 Å². The summed E-state index contributed by atoms with van der Waals surface area (Å²) in [7, 11) is 0. The molecule has 0 aromatic carbocycles. The van der Waals surface area contributed by atoms with Crippen LogP contribution >= 0.6 is 0 Å². The molecule has 3 atom stereocenters. The topological polar surface area (TPSA) is 0 Å². The highest BCUT2D eigenvalue weighted by atomic mass is 14.6. The highest BCUT2D eigenvalue weighted by Crippen LogP contribution is 2.62. The molecule has 0 heteroatoms. The van der Waals surface area contributed by atoms with E-state index in [4.69, 9.17) is 0 Å². The molecule has 0 saturated heterocycles. The molecule has 4 aliphatic carbocycles. The number of hydrogen-bond acceptors (Lipinski definition) is 0. The summed E-state index contributed by atoms with van der Waals surface area (Å²) < 4.78 is 0. The van der Waals surface area contributed by atoms with Gasteiger partial charge in [0.1, 0.15) is 0 Å². The van der Waals surface area contributed by atoms with Gasteiger partial charge in [0, 0.05) is 0 Å². The molecule has 4 fully saturated rings. The first-order valence-corrected chi connectivity index (χ1v) is 5.50. The van der Waals surface area contributed by atoms with Gasteiger partial charge in [0.25, 0.3) is 0 Å². The van der Waals surface area contributed by atoms with E-state index in [1.807, 2.05) is 0 Å². The fraction of sp³-hybridized carbons (Fsp3) is 0.917. The summed E-state index contributed by atoms with van der Waals surface area (Å²) in [4.78, 5) is 0. The molecule has 67 valence electrons. The van der Waals surface area contributed by atoms with Crippen LogP contribution < -0.4 is 0 Å². The van der Waals surface area contributed by atoms with Crippen LogP contribution in [0.3, 0.4) is 0 Å². The molecule has 12 heavy (non-hydrogen) atoms. The fourth-order valence-corrected chi connectivity index (χ4v) is 4.55. The van der Waals surface area contributed by atoms with Gasteiger partial charge < -0.3 is 0 Å². The second kappa shape index (κ2) is 2.08. The average molecular weight is 163 g/mol. The van der Waals surface area contributed by atoms with Crippen LogP contribution in [0.15, 0.2) is 0 Å². The second-order valence-electron chi connectivity index (χ2n) is 5.87. The van der Waals surface area contributed by atoms with E-state index in [-0.39, 0.29) is 0 Å². The summed E-state index contributed by atoms with van der Waals surface area (Å²) in [6, 6.07) is 0. The van der Waals surface area contributed by atoms with Crippen molar-refractivity contribution in [3.63, 3.8) is 0 Å². The molecule has 0 aromatic rings. The van der Waals surface area contributed by atoms with Crippen LogP contribution in [0.25, 0.3) is 0 Å². The minimum Gasteiger partial charge on any atom is -0.0593 e. The minimum atomic E-state index is 0.648. The van der Waals surface area contributed by atoms with Crippen LogP contribution in [0.2, 0.25) is 0 Å². The standard InChI is InChI=1S/C12H19/c1-8-11-4-9-3-10(5-11)7-12(8,2)6-9/h8-11H,1,3-7H2,2H3. The predicted octanol–water partition coefficient (Wildman–Crippen LogP) is 3.28. The van der Waals surface area contributed by atoms with Gasteiger partial charge in [-0.05, 0) is 68.1 Å². The van der Waals surface area contributed by atoms with E-state index < -0.39 is 0 Å². The molecule has 1 radical (unpaired) electrons. The van der Waals surface area contributed by atoms with Gasteiger partial charge in [0.15, 0.2) is 0 Å². The van der Waals surface area contributed by atoms with Crippen molar-refractivity contribution < 1.29 is 0 Å². The Balaban J connectivity index is 1.97. The van der Waals surface area contributed by atoms with Crippen molar-refractivity contribution >= 4 is 0 Å². The van der Waals surface area contributed by atoms with Gasteiger partial charge in [-0.25, -0.2) is 0 Å². The van der Waals surface area contributed by atoms with Gasteiger partial charge >= 0.3 is 0 Å². The first-order valence-electron chi connectivity index (χ1n) is 5.50. The molecule has 0 heterocycles. The average Bonchev–Trinajstić information content (AvgIpc) is 1.98. The lowest BCUT2D eigenvalue weighted by atomic mass is 9.46. The fourth-order valence-electron chi connectivity index (χ4n) is 4.55. The third kappa shape index (κ3) is 0.791. The van der Waals surface area contributed by atoms with Crippen LogP contribution in [-0.4, -0.2) is 0 Å². The minimum absolute atomic E-state index is 0.648. The van der Waals surface area contributed by atoms with Crippen LogP contribution in [0.4, 0.5) is 0 Å². The first-order chi connectivity index (χ1) is 5.67. The van der Waals surface area contributed by atoms with Crippen molar-refractivity contribution in [1.29, 1.82) is 0 Å². The maximum absolute atomic E-state index is 4.41. The highest BCUT2D eigenvalue weighted by Gasteiger charge is 2.52. The molecule has 4 aliphatic rings. The largest absolute Gasteiger partial charge is 0.0593 e. The normalized spacial score (nSPS) is 62.5. The second-order valence-corrected chi connectivity index (χ2v) is 5.87. The van der Waals surface area contributed by atoms with E-state index in [1.54, 1.807) is 6.42 Å². The Morgan fingerprint density at radius 1 is 1.08 bits per heavy atom.